The van der Waals surface area contributed by atoms with Crippen LogP contribution >= 0.6 is 0 Å². The fourth-order valence-corrected chi connectivity index (χ4v) is 2.35. The summed E-state index contributed by atoms with van der Waals surface area (Å²) in [5, 5.41) is 3.89. The Labute approximate surface area is 144 Å². The summed E-state index contributed by atoms with van der Waals surface area (Å²) in [5.41, 5.74) is 6.67. The Morgan fingerprint density at radius 2 is 1.96 bits per heavy atom. The maximum absolute atomic E-state index is 11.5. The zero-order valence-electron chi connectivity index (χ0n) is 13.6. The maximum atomic E-state index is 11.5. The number of rotatable bonds is 7. The number of methoxy groups -OCH3 is 1. The van der Waals surface area contributed by atoms with Crippen LogP contribution in [0.2, 0.25) is 0 Å². The van der Waals surface area contributed by atoms with Crippen molar-refractivity contribution in [2.24, 2.45) is 5.73 Å². The molecule has 0 bridgehead atoms. The molecule has 128 valence electrons. The Bertz CT molecular complexity index is 862. The number of nitrogens with zero attached hydrogens (tertiary/aromatic N) is 2. The second-order valence-corrected chi connectivity index (χ2v) is 5.26. The fraction of sp³-hybridized carbons (Fsp3) is 0.167. The molecule has 1 amide bonds. The Hall–Kier alpha value is -3.35. The van der Waals surface area contributed by atoms with Gasteiger partial charge in [-0.15, -0.1) is 0 Å². The highest BCUT2D eigenvalue weighted by molar-refractivity contribution is 5.96. The summed E-state index contributed by atoms with van der Waals surface area (Å²) >= 11 is 0. The Morgan fingerprint density at radius 3 is 2.68 bits per heavy atom. The molecule has 2 N–H and O–H groups in total. The number of para-hydroxylation sites is 1. The standard InChI is InChI=1S/C18H17N3O4/c1-23-14-9-5-8-13(18(19)22)17(14)24-11-15-20-16(25-21-15)10-12-6-3-2-4-7-12/h2-9H,10-11H2,1H3,(H2,19,22). The van der Waals surface area contributed by atoms with Crippen LogP contribution in [0.3, 0.4) is 0 Å². The monoisotopic (exact) mass is 339 g/mol. The van der Waals surface area contributed by atoms with Crippen molar-refractivity contribution < 1.29 is 18.8 Å². The fourth-order valence-electron chi connectivity index (χ4n) is 2.35. The van der Waals surface area contributed by atoms with Gasteiger partial charge in [0.05, 0.1) is 19.1 Å². The van der Waals surface area contributed by atoms with E-state index in [1.54, 1.807) is 18.2 Å². The molecule has 0 unspecified atom stereocenters. The van der Waals surface area contributed by atoms with Gasteiger partial charge >= 0.3 is 0 Å². The molecule has 7 nitrogen and oxygen atoms in total. The van der Waals surface area contributed by atoms with Gasteiger partial charge in [0, 0.05) is 0 Å². The summed E-state index contributed by atoms with van der Waals surface area (Å²) in [4.78, 5) is 15.8. The number of aromatic nitrogens is 2. The van der Waals surface area contributed by atoms with Crippen molar-refractivity contribution >= 4 is 5.91 Å². The largest absolute Gasteiger partial charge is 0.493 e. The van der Waals surface area contributed by atoms with Crippen molar-refractivity contribution in [1.82, 2.24) is 10.1 Å². The summed E-state index contributed by atoms with van der Waals surface area (Å²) in [6.45, 7) is 0.0267. The molecule has 0 fully saturated rings. The molecule has 25 heavy (non-hydrogen) atoms. The molecule has 0 spiro atoms. The number of carbonyl (C=O) groups excluding carboxylic acids is 1. The van der Waals surface area contributed by atoms with Crippen LogP contribution in [0.15, 0.2) is 53.1 Å². The lowest BCUT2D eigenvalue weighted by atomic mass is 10.1. The molecule has 0 atom stereocenters. The van der Waals surface area contributed by atoms with E-state index < -0.39 is 5.91 Å². The lowest BCUT2D eigenvalue weighted by Gasteiger charge is -2.12. The summed E-state index contributed by atoms with van der Waals surface area (Å²) in [5.74, 6) is 0.912. The third-order valence-electron chi connectivity index (χ3n) is 3.52. The van der Waals surface area contributed by atoms with Crippen molar-refractivity contribution in [1.29, 1.82) is 0 Å². The van der Waals surface area contributed by atoms with E-state index in [-0.39, 0.29) is 17.9 Å². The van der Waals surface area contributed by atoms with Crippen molar-refractivity contribution in [3.63, 3.8) is 0 Å². The molecule has 0 aliphatic rings. The SMILES string of the molecule is COc1cccc(C(N)=O)c1OCc1noc(Cc2ccccc2)n1. The Balaban J connectivity index is 1.71. The minimum Gasteiger partial charge on any atom is -0.493 e. The number of benzene rings is 2. The van der Waals surface area contributed by atoms with Gasteiger partial charge in [-0.05, 0) is 17.7 Å². The molecular formula is C18H17N3O4. The molecule has 0 saturated heterocycles. The lowest BCUT2D eigenvalue weighted by Crippen LogP contribution is -2.13. The molecule has 0 aliphatic heterocycles. The third-order valence-corrected chi connectivity index (χ3v) is 3.52. The van der Waals surface area contributed by atoms with Crippen molar-refractivity contribution in [3.05, 3.63) is 71.4 Å². The number of ether oxygens (including phenoxy) is 2. The van der Waals surface area contributed by atoms with Crippen molar-refractivity contribution in [2.75, 3.05) is 7.11 Å². The quantitative estimate of drug-likeness (QED) is 0.709. The molecule has 0 aliphatic carbocycles. The third kappa shape index (κ3) is 3.95. The summed E-state index contributed by atoms with van der Waals surface area (Å²) in [7, 11) is 1.49. The summed E-state index contributed by atoms with van der Waals surface area (Å²) < 4.78 is 16.1. The predicted octanol–water partition coefficient (Wildman–Crippen LogP) is 2.35. The topological polar surface area (TPSA) is 100 Å². The normalized spacial score (nSPS) is 10.4. The highest BCUT2D eigenvalue weighted by Crippen LogP contribution is 2.31. The van der Waals surface area contributed by atoms with Gasteiger partial charge in [-0.3, -0.25) is 4.79 Å². The lowest BCUT2D eigenvalue weighted by molar-refractivity contribution is 0.0995. The number of amides is 1. The highest BCUT2D eigenvalue weighted by Gasteiger charge is 2.16. The Morgan fingerprint density at radius 1 is 1.16 bits per heavy atom. The van der Waals surface area contributed by atoms with Crippen LogP contribution in [0.4, 0.5) is 0 Å². The van der Waals surface area contributed by atoms with Gasteiger partial charge in [0.1, 0.15) is 0 Å². The van der Waals surface area contributed by atoms with Crippen LogP contribution in [0.25, 0.3) is 0 Å². The number of carbonyl (C=O) groups is 1. The van der Waals surface area contributed by atoms with Crippen molar-refractivity contribution in [3.8, 4) is 11.5 Å². The average Bonchev–Trinajstić information content (AvgIpc) is 3.07. The van der Waals surface area contributed by atoms with E-state index in [0.29, 0.717) is 23.9 Å². The minimum atomic E-state index is -0.605. The minimum absolute atomic E-state index is 0.0267. The van der Waals surface area contributed by atoms with Gasteiger partial charge in [0.15, 0.2) is 18.1 Å². The van der Waals surface area contributed by atoms with Crippen LogP contribution in [0, 0.1) is 0 Å². The highest BCUT2D eigenvalue weighted by atomic mass is 16.5. The molecule has 1 aromatic heterocycles. The molecule has 1 heterocycles. The smallest absolute Gasteiger partial charge is 0.252 e. The van der Waals surface area contributed by atoms with Crippen LogP contribution in [0.5, 0.6) is 11.5 Å². The van der Waals surface area contributed by atoms with Gasteiger partial charge in [-0.25, -0.2) is 0 Å². The van der Waals surface area contributed by atoms with Crippen LogP contribution in [-0.2, 0) is 13.0 Å². The second kappa shape index (κ2) is 7.48. The van der Waals surface area contributed by atoms with Gasteiger partial charge < -0.3 is 19.7 Å². The number of primary amides is 1. The van der Waals surface area contributed by atoms with E-state index in [9.17, 15) is 4.79 Å². The van der Waals surface area contributed by atoms with E-state index in [4.69, 9.17) is 19.7 Å². The Kier molecular flexibility index (Phi) is 4.94. The van der Waals surface area contributed by atoms with E-state index in [1.807, 2.05) is 30.3 Å². The first kappa shape index (κ1) is 16.5. The van der Waals surface area contributed by atoms with E-state index in [1.165, 1.54) is 7.11 Å². The van der Waals surface area contributed by atoms with Gasteiger partial charge in [0.2, 0.25) is 11.7 Å². The van der Waals surface area contributed by atoms with Crippen LogP contribution < -0.4 is 15.2 Å². The summed E-state index contributed by atoms with van der Waals surface area (Å²) in [6, 6.07) is 14.7. The van der Waals surface area contributed by atoms with Crippen LogP contribution in [0.1, 0.15) is 27.6 Å². The van der Waals surface area contributed by atoms with E-state index in [2.05, 4.69) is 10.1 Å². The molecular weight excluding hydrogens is 322 g/mol. The first-order valence-corrected chi connectivity index (χ1v) is 7.62. The zero-order valence-corrected chi connectivity index (χ0v) is 13.6. The van der Waals surface area contributed by atoms with Gasteiger partial charge in [0.25, 0.3) is 5.91 Å². The summed E-state index contributed by atoms with van der Waals surface area (Å²) in [6.07, 6.45) is 0.537. The first-order chi connectivity index (χ1) is 12.2. The van der Waals surface area contributed by atoms with E-state index in [0.717, 1.165) is 5.56 Å². The molecule has 3 aromatic rings. The maximum Gasteiger partial charge on any atom is 0.252 e. The number of hydrogen-bond acceptors (Lipinski definition) is 6. The predicted molar refractivity (Wildman–Crippen MR) is 89.4 cm³/mol. The number of hydrogen-bond donors (Lipinski definition) is 1. The van der Waals surface area contributed by atoms with Crippen molar-refractivity contribution in [2.45, 2.75) is 13.0 Å². The first-order valence-electron chi connectivity index (χ1n) is 7.62. The molecule has 7 heteroatoms. The molecule has 2 aromatic carbocycles. The van der Waals surface area contributed by atoms with E-state index >= 15 is 0 Å². The van der Waals surface area contributed by atoms with Gasteiger partial charge in [-0.1, -0.05) is 41.6 Å². The number of nitrogens with two attached hydrogens (primary N) is 1. The molecule has 0 radical (unpaired) electrons. The molecule has 3 rings (SSSR count). The van der Waals surface area contributed by atoms with Gasteiger partial charge in [-0.2, -0.15) is 4.98 Å². The van der Waals surface area contributed by atoms with Crippen LogP contribution in [-0.4, -0.2) is 23.2 Å². The average molecular weight is 339 g/mol. The zero-order chi connectivity index (χ0) is 17.6. The second-order valence-electron chi connectivity index (χ2n) is 5.26. The molecule has 0 saturated carbocycles.